The van der Waals surface area contributed by atoms with Crippen molar-refractivity contribution in [3.63, 3.8) is 0 Å². The van der Waals surface area contributed by atoms with Crippen LogP contribution in [0.3, 0.4) is 0 Å². The minimum absolute atomic E-state index is 0.750. The van der Waals surface area contributed by atoms with Gasteiger partial charge >= 0.3 is 0 Å². The molecule has 0 aliphatic heterocycles. The summed E-state index contributed by atoms with van der Waals surface area (Å²) in [7, 11) is 1.77. The van der Waals surface area contributed by atoms with Crippen molar-refractivity contribution in [1.82, 2.24) is 15.4 Å². The van der Waals surface area contributed by atoms with Gasteiger partial charge < -0.3 is 5.32 Å². The molecule has 1 heterocycles. The van der Waals surface area contributed by atoms with Crippen LogP contribution >= 0.6 is 0 Å². The molecule has 1 N–H and O–H groups in total. The predicted octanol–water partition coefficient (Wildman–Crippen LogP) is -0.287. The highest BCUT2D eigenvalue weighted by molar-refractivity contribution is 5.33. The van der Waals surface area contributed by atoms with E-state index in [0.717, 1.165) is 5.69 Å². The van der Waals surface area contributed by atoms with Gasteiger partial charge in [-0.1, -0.05) is 0 Å². The van der Waals surface area contributed by atoms with Crippen LogP contribution in [0.1, 0.15) is 0 Å². The zero-order valence-corrected chi connectivity index (χ0v) is 4.42. The maximum atomic E-state index is 3.50. The number of aromatic nitrogens is 3. The lowest BCUT2D eigenvalue weighted by Crippen LogP contribution is -1.92. The number of nitrogens with zero attached hydrogens (tertiary/aromatic N) is 3. The summed E-state index contributed by atoms with van der Waals surface area (Å²) in [5.74, 6) is 0. The predicted molar refractivity (Wildman–Crippen MR) is 28.2 cm³/mol. The van der Waals surface area contributed by atoms with Crippen molar-refractivity contribution < 1.29 is 0 Å². The van der Waals surface area contributed by atoms with Crippen LogP contribution in [0.25, 0.3) is 0 Å². The fourth-order valence-electron chi connectivity index (χ4n) is 0.335. The number of anilines is 1. The Hall–Kier alpha value is -1.19. The second kappa shape index (κ2) is 2.20. The maximum absolute atomic E-state index is 3.50. The van der Waals surface area contributed by atoms with Crippen LogP contribution in [0, 0.1) is 6.20 Å². The van der Waals surface area contributed by atoms with Crippen LogP contribution < -0.4 is 5.32 Å². The third kappa shape index (κ3) is 0.900. The first kappa shape index (κ1) is 4.96. The Morgan fingerprint density at radius 3 is 3.00 bits per heavy atom. The molecular formula is C4H5N4. The molecule has 4 heteroatoms. The van der Waals surface area contributed by atoms with Gasteiger partial charge in [0.1, 0.15) is 6.20 Å². The molecule has 0 atom stereocenters. The van der Waals surface area contributed by atoms with Crippen molar-refractivity contribution >= 4 is 5.69 Å². The standard InChI is InChI=1S/C4H5N4/c1-5-4-2-6-8-7-3-4/h2H,1H3,(H,5,8). The van der Waals surface area contributed by atoms with Crippen molar-refractivity contribution in [2.75, 3.05) is 12.4 Å². The van der Waals surface area contributed by atoms with Gasteiger partial charge in [0, 0.05) is 7.05 Å². The zero-order chi connectivity index (χ0) is 5.82. The minimum Gasteiger partial charge on any atom is -0.385 e. The molecule has 0 aromatic carbocycles. The van der Waals surface area contributed by atoms with E-state index in [9.17, 15) is 0 Å². The summed E-state index contributed by atoms with van der Waals surface area (Å²) >= 11 is 0. The molecule has 0 fully saturated rings. The van der Waals surface area contributed by atoms with Crippen LogP contribution in [-0.2, 0) is 0 Å². The Morgan fingerprint density at radius 2 is 2.62 bits per heavy atom. The first-order valence-electron chi connectivity index (χ1n) is 2.17. The fraction of sp³-hybridized carbons (Fsp3) is 0.250. The van der Waals surface area contributed by atoms with Crippen LogP contribution in [0.15, 0.2) is 6.20 Å². The molecule has 41 valence electrons. The van der Waals surface area contributed by atoms with Crippen molar-refractivity contribution in [2.45, 2.75) is 0 Å². The Bertz CT molecular complexity index is 149. The Kier molecular flexibility index (Phi) is 1.37. The summed E-state index contributed by atoms with van der Waals surface area (Å²) < 4.78 is 0. The van der Waals surface area contributed by atoms with Crippen molar-refractivity contribution in [3.05, 3.63) is 12.4 Å². The normalized spacial score (nSPS) is 8.62. The molecule has 0 saturated heterocycles. The molecular weight excluding hydrogens is 104 g/mol. The van der Waals surface area contributed by atoms with Crippen LogP contribution in [0.4, 0.5) is 5.69 Å². The average Bonchev–Trinajstić information content (AvgIpc) is 1.90. The third-order valence-corrected chi connectivity index (χ3v) is 0.723. The highest BCUT2D eigenvalue weighted by atomic mass is 15.3. The highest BCUT2D eigenvalue weighted by Gasteiger charge is 1.83. The molecule has 1 rings (SSSR count). The SMILES string of the molecule is CNc1[c]nnnc1. The molecule has 1 radical (unpaired) electrons. The van der Waals surface area contributed by atoms with E-state index in [1.165, 1.54) is 0 Å². The molecule has 1 aromatic rings. The van der Waals surface area contributed by atoms with E-state index in [0.29, 0.717) is 0 Å². The van der Waals surface area contributed by atoms with Crippen LogP contribution in [-0.4, -0.2) is 22.5 Å². The summed E-state index contributed by atoms with van der Waals surface area (Å²) in [6, 6.07) is 0. The summed E-state index contributed by atoms with van der Waals surface area (Å²) in [5.41, 5.74) is 0.750. The number of nitrogens with one attached hydrogen (secondary N) is 1. The molecule has 0 aliphatic rings. The monoisotopic (exact) mass is 109 g/mol. The second-order valence-electron chi connectivity index (χ2n) is 1.21. The van der Waals surface area contributed by atoms with E-state index in [1.54, 1.807) is 13.2 Å². The molecule has 0 bridgehead atoms. The quantitative estimate of drug-likeness (QED) is 0.538. The second-order valence-corrected chi connectivity index (χ2v) is 1.21. The highest BCUT2D eigenvalue weighted by Crippen LogP contribution is 1.93. The minimum atomic E-state index is 0.750. The van der Waals surface area contributed by atoms with Gasteiger partial charge in [0.2, 0.25) is 0 Å². The average molecular weight is 109 g/mol. The van der Waals surface area contributed by atoms with E-state index in [4.69, 9.17) is 0 Å². The lowest BCUT2D eigenvalue weighted by Gasteiger charge is -1.90. The van der Waals surface area contributed by atoms with E-state index >= 15 is 0 Å². The zero-order valence-electron chi connectivity index (χ0n) is 4.42. The van der Waals surface area contributed by atoms with Crippen molar-refractivity contribution in [1.29, 1.82) is 0 Å². The molecule has 8 heavy (non-hydrogen) atoms. The van der Waals surface area contributed by atoms with Gasteiger partial charge in [-0.05, 0) is 5.21 Å². The van der Waals surface area contributed by atoms with Gasteiger partial charge in [-0.15, -0.1) is 10.2 Å². The molecule has 0 aliphatic carbocycles. The van der Waals surface area contributed by atoms with Gasteiger partial charge in [0.15, 0.2) is 0 Å². The molecule has 0 saturated carbocycles. The van der Waals surface area contributed by atoms with Gasteiger partial charge in [0.25, 0.3) is 0 Å². The first-order chi connectivity index (χ1) is 3.93. The van der Waals surface area contributed by atoms with Crippen molar-refractivity contribution in [3.8, 4) is 0 Å². The Morgan fingerprint density at radius 1 is 1.75 bits per heavy atom. The fourth-order valence-corrected chi connectivity index (χ4v) is 0.335. The van der Waals surface area contributed by atoms with E-state index < -0.39 is 0 Å². The summed E-state index contributed by atoms with van der Waals surface area (Å²) in [5, 5.41) is 13.0. The lowest BCUT2D eigenvalue weighted by molar-refractivity contribution is 0.861. The molecule has 0 amide bonds. The lowest BCUT2D eigenvalue weighted by atomic mass is 10.6. The summed E-state index contributed by atoms with van der Waals surface area (Å²) in [4.78, 5) is 0. The van der Waals surface area contributed by atoms with Gasteiger partial charge in [0.05, 0.1) is 11.9 Å². The van der Waals surface area contributed by atoms with Crippen LogP contribution in [0.5, 0.6) is 0 Å². The summed E-state index contributed by atoms with van der Waals surface area (Å²) in [6.45, 7) is 0. The van der Waals surface area contributed by atoms with Gasteiger partial charge in [-0.2, -0.15) is 0 Å². The number of hydrogen-bond donors (Lipinski definition) is 1. The summed E-state index contributed by atoms with van der Waals surface area (Å²) in [6.07, 6.45) is 4.13. The number of hydrogen-bond acceptors (Lipinski definition) is 4. The molecule has 0 unspecified atom stereocenters. The van der Waals surface area contributed by atoms with Gasteiger partial charge in [-0.3, -0.25) is 0 Å². The smallest absolute Gasteiger partial charge is 0.142 e. The number of rotatable bonds is 1. The third-order valence-electron chi connectivity index (χ3n) is 0.723. The van der Waals surface area contributed by atoms with Gasteiger partial charge in [-0.25, -0.2) is 0 Å². The topological polar surface area (TPSA) is 50.7 Å². The van der Waals surface area contributed by atoms with Crippen molar-refractivity contribution in [2.24, 2.45) is 0 Å². The Labute approximate surface area is 46.9 Å². The van der Waals surface area contributed by atoms with E-state index in [2.05, 4.69) is 26.9 Å². The van der Waals surface area contributed by atoms with E-state index in [-0.39, 0.29) is 0 Å². The maximum Gasteiger partial charge on any atom is 0.142 e. The first-order valence-corrected chi connectivity index (χ1v) is 2.17. The largest absolute Gasteiger partial charge is 0.385 e. The van der Waals surface area contributed by atoms with E-state index in [1.807, 2.05) is 0 Å². The van der Waals surface area contributed by atoms with Crippen LogP contribution in [0.2, 0.25) is 0 Å². The molecule has 4 nitrogen and oxygen atoms in total. The Balaban J connectivity index is 2.83. The molecule has 0 spiro atoms. The molecule has 1 aromatic heterocycles.